The van der Waals surface area contributed by atoms with E-state index in [1.54, 1.807) is 4.68 Å². The fourth-order valence-electron chi connectivity index (χ4n) is 2.38. The topological polar surface area (TPSA) is 58.9 Å². The van der Waals surface area contributed by atoms with Gasteiger partial charge in [0, 0.05) is 31.7 Å². The molecule has 0 radical (unpaired) electrons. The lowest BCUT2D eigenvalue weighted by Crippen LogP contribution is -2.51. The number of piperidine rings is 1. The van der Waals surface area contributed by atoms with Gasteiger partial charge < -0.3 is 10.6 Å². The van der Waals surface area contributed by atoms with Crippen molar-refractivity contribution in [3.8, 4) is 0 Å². The van der Waals surface area contributed by atoms with E-state index in [4.69, 9.17) is 0 Å². The standard InChI is InChI=1S/C13H22N4O/c1-10-12(4-3-7-14-10)16-13(18)6-5-11-8-15-17(2)9-11/h8-10,12,14H,3-7H2,1-2H3,(H,16,18). The average molecular weight is 250 g/mol. The van der Waals surface area contributed by atoms with Crippen molar-refractivity contribution in [2.75, 3.05) is 6.54 Å². The Morgan fingerprint density at radius 2 is 2.50 bits per heavy atom. The highest BCUT2D eigenvalue weighted by Gasteiger charge is 2.21. The zero-order valence-electron chi connectivity index (χ0n) is 11.1. The number of aromatic nitrogens is 2. The summed E-state index contributed by atoms with van der Waals surface area (Å²) >= 11 is 0. The molecule has 0 bridgehead atoms. The highest BCUT2D eigenvalue weighted by Crippen LogP contribution is 2.09. The predicted octanol–water partition coefficient (Wildman–Crippen LogP) is 0.609. The van der Waals surface area contributed by atoms with E-state index >= 15 is 0 Å². The molecular formula is C13H22N4O. The summed E-state index contributed by atoms with van der Waals surface area (Å²) in [5, 5.41) is 10.6. The maximum atomic E-state index is 11.9. The van der Waals surface area contributed by atoms with E-state index in [0.717, 1.165) is 31.4 Å². The highest BCUT2D eigenvalue weighted by atomic mass is 16.1. The molecule has 1 aliphatic heterocycles. The Morgan fingerprint density at radius 3 is 3.17 bits per heavy atom. The molecule has 2 N–H and O–H groups in total. The normalized spacial score (nSPS) is 23.9. The molecule has 0 aromatic carbocycles. The van der Waals surface area contributed by atoms with Crippen LogP contribution in [0.5, 0.6) is 0 Å². The summed E-state index contributed by atoms with van der Waals surface area (Å²) in [4.78, 5) is 11.9. The van der Waals surface area contributed by atoms with Crippen LogP contribution in [0.25, 0.3) is 0 Å². The van der Waals surface area contributed by atoms with E-state index in [9.17, 15) is 4.79 Å². The van der Waals surface area contributed by atoms with Crippen molar-refractivity contribution in [1.82, 2.24) is 20.4 Å². The first-order chi connectivity index (χ1) is 8.65. The van der Waals surface area contributed by atoms with Crippen LogP contribution in [0.4, 0.5) is 0 Å². The van der Waals surface area contributed by atoms with E-state index < -0.39 is 0 Å². The van der Waals surface area contributed by atoms with Crippen LogP contribution in [0.1, 0.15) is 31.7 Å². The summed E-state index contributed by atoms with van der Waals surface area (Å²) < 4.78 is 1.76. The first-order valence-corrected chi connectivity index (χ1v) is 6.65. The Kier molecular flexibility index (Phi) is 4.36. The van der Waals surface area contributed by atoms with Crippen LogP contribution in [0.3, 0.4) is 0 Å². The van der Waals surface area contributed by atoms with E-state index in [1.807, 2.05) is 19.4 Å². The van der Waals surface area contributed by atoms with Crippen LogP contribution in [0.2, 0.25) is 0 Å². The summed E-state index contributed by atoms with van der Waals surface area (Å²) in [6, 6.07) is 0.654. The lowest BCUT2D eigenvalue weighted by molar-refractivity contribution is -0.122. The van der Waals surface area contributed by atoms with Crippen molar-refractivity contribution in [2.24, 2.45) is 7.05 Å². The summed E-state index contributed by atoms with van der Waals surface area (Å²) in [6.07, 6.45) is 7.28. The fourth-order valence-corrected chi connectivity index (χ4v) is 2.38. The van der Waals surface area contributed by atoms with Gasteiger partial charge in [-0.2, -0.15) is 5.10 Å². The molecule has 2 unspecified atom stereocenters. The Bertz CT molecular complexity index is 401. The third kappa shape index (κ3) is 3.57. The Hall–Kier alpha value is -1.36. The first kappa shape index (κ1) is 13.1. The van der Waals surface area contributed by atoms with Gasteiger partial charge >= 0.3 is 0 Å². The Morgan fingerprint density at radius 1 is 1.67 bits per heavy atom. The zero-order valence-corrected chi connectivity index (χ0v) is 11.1. The van der Waals surface area contributed by atoms with Crippen molar-refractivity contribution in [3.05, 3.63) is 18.0 Å². The number of nitrogens with zero attached hydrogens (tertiary/aromatic N) is 2. The second-order valence-electron chi connectivity index (χ2n) is 5.08. The molecule has 100 valence electrons. The monoisotopic (exact) mass is 250 g/mol. The molecule has 1 amide bonds. The van der Waals surface area contributed by atoms with Crippen molar-refractivity contribution in [2.45, 2.75) is 44.7 Å². The molecule has 18 heavy (non-hydrogen) atoms. The molecule has 1 fully saturated rings. The van der Waals surface area contributed by atoms with Crippen LogP contribution in [0.15, 0.2) is 12.4 Å². The van der Waals surface area contributed by atoms with E-state index in [-0.39, 0.29) is 11.9 Å². The van der Waals surface area contributed by atoms with Gasteiger partial charge in [-0.1, -0.05) is 0 Å². The van der Waals surface area contributed by atoms with Crippen LogP contribution >= 0.6 is 0 Å². The number of nitrogens with one attached hydrogen (secondary N) is 2. The van der Waals surface area contributed by atoms with Crippen molar-refractivity contribution < 1.29 is 4.79 Å². The van der Waals surface area contributed by atoms with Gasteiger partial charge in [0.2, 0.25) is 5.91 Å². The number of carbonyl (C=O) groups is 1. The largest absolute Gasteiger partial charge is 0.352 e. The van der Waals surface area contributed by atoms with Crippen LogP contribution < -0.4 is 10.6 Å². The molecule has 2 heterocycles. The van der Waals surface area contributed by atoms with Gasteiger partial charge in [-0.25, -0.2) is 0 Å². The van der Waals surface area contributed by atoms with Crippen LogP contribution in [-0.2, 0) is 18.3 Å². The molecule has 1 aromatic rings. The lowest BCUT2D eigenvalue weighted by atomic mass is 9.99. The summed E-state index contributed by atoms with van der Waals surface area (Å²) in [5.74, 6) is 0.138. The second kappa shape index (κ2) is 6.00. The van der Waals surface area contributed by atoms with E-state index in [1.165, 1.54) is 0 Å². The van der Waals surface area contributed by atoms with Gasteiger partial charge in [-0.3, -0.25) is 9.48 Å². The third-order valence-electron chi connectivity index (χ3n) is 3.51. The van der Waals surface area contributed by atoms with Gasteiger partial charge in [0.25, 0.3) is 0 Å². The molecule has 0 spiro atoms. The van der Waals surface area contributed by atoms with Crippen LogP contribution in [-0.4, -0.2) is 34.3 Å². The maximum absolute atomic E-state index is 11.9. The SMILES string of the molecule is CC1NCCCC1NC(=O)CCc1cnn(C)c1. The molecule has 1 aromatic heterocycles. The second-order valence-corrected chi connectivity index (χ2v) is 5.08. The number of hydrogen-bond acceptors (Lipinski definition) is 3. The van der Waals surface area contributed by atoms with Crippen molar-refractivity contribution in [1.29, 1.82) is 0 Å². The molecular weight excluding hydrogens is 228 g/mol. The third-order valence-corrected chi connectivity index (χ3v) is 3.51. The van der Waals surface area contributed by atoms with Gasteiger partial charge in [0.15, 0.2) is 0 Å². The number of carbonyl (C=O) groups excluding carboxylic acids is 1. The molecule has 1 saturated heterocycles. The Labute approximate surface area is 108 Å². The maximum Gasteiger partial charge on any atom is 0.220 e. The minimum Gasteiger partial charge on any atom is -0.352 e. The molecule has 5 heteroatoms. The van der Waals surface area contributed by atoms with E-state index in [0.29, 0.717) is 12.5 Å². The fraction of sp³-hybridized carbons (Fsp3) is 0.692. The molecule has 2 rings (SSSR count). The number of rotatable bonds is 4. The number of aryl methyl sites for hydroxylation is 2. The summed E-state index contributed by atoms with van der Waals surface area (Å²) in [6.45, 7) is 3.19. The number of hydrogen-bond donors (Lipinski definition) is 2. The van der Waals surface area contributed by atoms with Gasteiger partial charge in [0.1, 0.15) is 0 Å². The quantitative estimate of drug-likeness (QED) is 0.823. The predicted molar refractivity (Wildman–Crippen MR) is 70.2 cm³/mol. The molecule has 1 aliphatic rings. The zero-order chi connectivity index (χ0) is 13.0. The first-order valence-electron chi connectivity index (χ1n) is 6.65. The van der Waals surface area contributed by atoms with Crippen molar-refractivity contribution >= 4 is 5.91 Å². The molecule has 2 atom stereocenters. The summed E-state index contributed by atoms with van der Waals surface area (Å²) in [7, 11) is 1.89. The molecule has 0 saturated carbocycles. The number of amides is 1. The van der Waals surface area contributed by atoms with Gasteiger partial charge in [-0.15, -0.1) is 0 Å². The van der Waals surface area contributed by atoms with E-state index in [2.05, 4.69) is 22.7 Å². The van der Waals surface area contributed by atoms with Crippen LogP contribution in [0, 0.1) is 0 Å². The van der Waals surface area contributed by atoms with Crippen molar-refractivity contribution in [3.63, 3.8) is 0 Å². The lowest BCUT2D eigenvalue weighted by Gasteiger charge is -2.30. The highest BCUT2D eigenvalue weighted by molar-refractivity contribution is 5.76. The minimum atomic E-state index is 0.138. The molecule has 0 aliphatic carbocycles. The average Bonchev–Trinajstić information content (AvgIpc) is 2.76. The Balaban J connectivity index is 1.74. The summed E-state index contributed by atoms with van der Waals surface area (Å²) in [5.41, 5.74) is 1.11. The van der Waals surface area contributed by atoms with Gasteiger partial charge in [-0.05, 0) is 38.3 Å². The minimum absolute atomic E-state index is 0.138. The van der Waals surface area contributed by atoms with Gasteiger partial charge in [0.05, 0.1) is 6.20 Å². The smallest absolute Gasteiger partial charge is 0.220 e. The molecule has 5 nitrogen and oxygen atoms in total.